The number of rotatable bonds is 13. The van der Waals surface area contributed by atoms with Crippen LogP contribution in [0.2, 0.25) is 0 Å². The van der Waals surface area contributed by atoms with Crippen molar-refractivity contribution in [1.82, 2.24) is 14.7 Å². The maximum absolute atomic E-state index is 13.6. The molecule has 2 atom stereocenters. The lowest BCUT2D eigenvalue weighted by atomic mass is 9.94. The van der Waals surface area contributed by atoms with Crippen LogP contribution in [-0.4, -0.2) is 102 Å². The van der Waals surface area contributed by atoms with E-state index in [4.69, 9.17) is 5.73 Å². The summed E-state index contributed by atoms with van der Waals surface area (Å²) in [6, 6.07) is 9.51. The highest BCUT2D eigenvalue weighted by Gasteiger charge is 2.38. The molecule has 0 spiro atoms. The van der Waals surface area contributed by atoms with E-state index in [1.54, 1.807) is 4.90 Å². The van der Waals surface area contributed by atoms with Crippen LogP contribution in [-0.2, 0) is 14.4 Å². The van der Waals surface area contributed by atoms with E-state index in [0.717, 1.165) is 44.4 Å². The van der Waals surface area contributed by atoms with Crippen molar-refractivity contribution in [2.75, 3.05) is 57.8 Å². The Morgan fingerprint density at radius 2 is 1.79 bits per heavy atom. The number of halogens is 3. The number of thioether (sulfide) groups is 1. The van der Waals surface area contributed by atoms with Crippen molar-refractivity contribution in [3.8, 4) is 0 Å². The highest BCUT2D eigenvalue weighted by molar-refractivity contribution is 7.99. The predicted molar refractivity (Wildman–Crippen MR) is 143 cm³/mol. The summed E-state index contributed by atoms with van der Waals surface area (Å²) in [5.41, 5.74) is 7.06. The van der Waals surface area contributed by atoms with Crippen LogP contribution >= 0.6 is 11.8 Å². The predicted octanol–water partition coefficient (Wildman–Crippen LogP) is 3.15. The number of likely N-dealkylation sites (tertiary alicyclic amines) is 2. The van der Waals surface area contributed by atoms with Crippen molar-refractivity contribution in [1.29, 1.82) is 0 Å². The first-order chi connectivity index (χ1) is 18.1. The van der Waals surface area contributed by atoms with Crippen LogP contribution in [0.4, 0.5) is 13.2 Å². The van der Waals surface area contributed by atoms with E-state index in [2.05, 4.69) is 21.9 Å². The zero-order valence-electron chi connectivity index (χ0n) is 22.0. The molecule has 2 amide bonds. The number of amides is 2. The molecule has 7 nitrogen and oxygen atoms in total. The minimum absolute atomic E-state index is 0.0689. The van der Waals surface area contributed by atoms with Gasteiger partial charge in [-0.25, -0.2) is 0 Å². The Bertz CT molecular complexity index is 926. The van der Waals surface area contributed by atoms with E-state index in [1.165, 1.54) is 5.56 Å². The second-order valence-corrected chi connectivity index (χ2v) is 11.4. The van der Waals surface area contributed by atoms with Gasteiger partial charge in [0, 0.05) is 25.6 Å². The number of carbonyl (C=O) groups is 3. The molecule has 2 saturated heterocycles. The lowest BCUT2D eigenvalue weighted by Gasteiger charge is -2.36. The number of nitrogens with zero attached hydrogens (tertiary/aromatic N) is 3. The summed E-state index contributed by atoms with van der Waals surface area (Å²) in [6.07, 6.45) is -1.75. The van der Waals surface area contributed by atoms with Gasteiger partial charge in [-0.2, -0.15) is 24.9 Å². The van der Waals surface area contributed by atoms with Gasteiger partial charge in [-0.1, -0.05) is 30.3 Å². The molecule has 2 aliphatic heterocycles. The number of piperidine rings is 1. The van der Waals surface area contributed by atoms with Gasteiger partial charge in [0.2, 0.25) is 17.6 Å². The van der Waals surface area contributed by atoms with E-state index in [-0.39, 0.29) is 24.0 Å². The molecule has 11 heteroatoms. The fraction of sp³-hybridized carbons (Fsp3) is 0.667. The Kier molecular flexibility index (Phi) is 11.5. The number of ketones is 1. The van der Waals surface area contributed by atoms with Gasteiger partial charge in [0.15, 0.2) is 0 Å². The third-order valence-corrected chi connectivity index (χ3v) is 8.62. The molecular weight excluding hydrogens is 517 g/mol. The first kappa shape index (κ1) is 30.4. The van der Waals surface area contributed by atoms with Crippen LogP contribution in [0.15, 0.2) is 30.3 Å². The lowest BCUT2D eigenvalue weighted by molar-refractivity contribution is -0.167. The quantitative estimate of drug-likeness (QED) is 0.376. The van der Waals surface area contributed by atoms with Crippen LogP contribution < -0.4 is 5.73 Å². The molecule has 2 N–H and O–H groups in total. The second-order valence-electron chi connectivity index (χ2n) is 10.3. The largest absolute Gasteiger partial charge is 0.450 e. The third kappa shape index (κ3) is 8.98. The van der Waals surface area contributed by atoms with Crippen LogP contribution in [0.3, 0.4) is 0 Å². The van der Waals surface area contributed by atoms with Gasteiger partial charge in [-0.05, 0) is 76.0 Å². The molecule has 38 heavy (non-hydrogen) atoms. The van der Waals surface area contributed by atoms with Gasteiger partial charge in [-0.15, -0.1) is 0 Å². The Hall–Kier alpha value is -2.11. The molecule has 0 saturated carbocycles. The van der Waals surface area contributed by atoms with Gasteiger partial charge in [0.25, 0.3) is 0 Å². The molecule has 1 aromatic carbocycles. The van der Waals surface area contributed by atoms with E-state index < -0.39 is 29.7 Å². The van der Waals surface area contributed by atoms with Gasteiger partial charge in [-0.3, -0.25) is 14.4 Å². The van der Waals surface area contributed by atoms with Crippen LogP contribution in [0, 0.1) is 5.92 Å². The summed E-state index contributed by atoms with van der Waals surface area (Å²) >= 11 is 0.883. The summed E-state index contributed by atoms with van der Waals surface area (Å²) in [7, 11) is 2.02. The number of hydrogen-bond acceptors (Lipinski definition) is 6. The van der Waals surface area contributed by atoms with Gasteiger partial charge in [0.05, 0.1) is 5.75 Å². The van der Waals surface area contributed by atoms with Crippen molar-refractivity contribution >= 4 is 29.4 Å². The number of nitrogens with two attached hydrogens (primary N) is 1. The normalized spacial score (nSPS) is 20.4. The summed E-state index contributed by atoms with van der Waals surface area (Å²) in [4.78, 5) is 43.4. The van der Waals surface area contributed by atoms with Crippen LogP contribution in [0.25, 0.3) is 0 Å². The zero-order chi connectivity index (χ0) is 27.7. The maximum Gasteiger partial charge on any atom is 0.450 e. The molecule has 0 bridgehead atoms. The monoisotopic (exact) mass is 556 g/mol. The highest BCUT2D eigenvalue weighted by atomic mass is 32.2. The number of Topliss-reactive ketones (excluding diaryl/α,β-unsaturated/α-hetero) is 1. The fourth-order valence-electron chi connectivity index (χ4n) is 5.27. The molecule has 0 radical (unpaired) electrons. The Balaban J connectivity index is 1.60. The molecule has 2 heterocycles. The minimum atomic E-state index is -4.84. The Morgan fingerprint density at radius 1 is 1.11 bits per heavy atom. The van der Waals surface area contributed by atoms with Crippen LogP contribution in [0.5, 0.6) is 0 Å². The van der Waals surface area contributed by atoms with Crippen molar-refractivity contribution < 1.29 is 27.6 Å². The van der Waals surface area contributed by atoms with Crippen molar-refractivity contribution in [3.05, 3.63) is 35.9 Å². The summed E-state index contributed by atoms with van der Waals surface area (Å²) < 4.78 is 37.3. The fourth-order valence-corrected chi connectivity index (χ4v) is 6.13. The lowest BCUT2D eigenvalue weighted by Crippen LogP contribution is -2.53. The summed E-state index contributed by atoms with van der Waals surface area (Å²) in [5.74, 6) is -2.58. The molecule has 2 fully saturated rings. The molecular formula is C27H39F3N4O3S. The summed E-state index contributed by atoms with van der Waals surface area (Å²) in [6.45, 7) is 4.40. The highest BCUT2D eigenvalue weighted by Crippen LogP contribution is 2.28. The van der Waals surface area contributed by atoms with E-state index in [1.807, 2.05) is 25.2 Å². The molecule has 2 aliphatic rings. The molecule has 0 aliphatic carbocycles. The maximum atomic E-state index is 13.6. The molecule has 212 valence electrons. The van der Waals surface area contributed by atoms with Gasteiger partial charge >= 0.3 is 6.18 Å². The van der Waals surface area contributed by atoms with Crippen molar-refractivity contribution in [3.63, 3.8) is 0 Å². The van der Waals surface area contributed by atoms with Crippen molar-refractivity contribution in [2.45, 2.75) is 50.2 Å². The van der Waals surface area contributed by atoms with E-state index in [0.29, 0.717) is 38.3 Å². The average Bonchev–Trinajstić information content (AvgIpc) is 3.36. The van der Waals surface area contributed by atoms with E-state index >= 15 is 0 Å². The van der Waals surface area contributed by atoms with E-state index in [9.17, 15) is 27.6 Å². The first-order valence-electron chi connectivity index (χ1n) is 13.3. The number of hydrogen-bond donors (Lipinski definition) is 1. The van der Waals surface area contributed by atoms with Crippen LogP contribution in [0.1, 0.15) is 43.6 Å². The first-order valence-corrected chi connectivity index (χ1v) is 14.4. The van der Waals surface area contributed by atoms with Crippen molar-refractivity contribution in [2.24, 2.45) is 11.7 Å². The number of benzene rings is 1. The van der Waals surface area contributed by atoms with Gasteiger partial charge in [0.1, 0.15) is 6.04 Å². The molecule has 1 unspecified atom stereocenters. The molecule has 3 rings (SSSR count). The molecule has 0 aromatic heterocycles. The topological polar surface area (TPSA) is 87.0 Å². The Morgan fingerprint density at radius 3 is 2.42 bits per heavy atom. The zero-order valence-corrected chi connectivity index (χ0v) is 22.8. The second kappa shape index (κ2) is 14.3. The summed E-state index contributed by atoms with van der Waals surface area (Å²) in [5, 5.41) is 0. The standard InChI is InChI=1S/C27H39F3N4O3S/c1-32-12-9-21(10-13-32)26(37)34(16-15-33-14-11-22(18-33)20-6-3-2-4-7-20)23(25(31)36)8-5-17-38-19-24(35)27(28,29)30/h2-4,6-7,21-23H,5,8-19H2,1H3,(H2,31,36)/t22?,23-/m0/s1. The Labute approximate surface area is 227 Å². The average molecular weight is 557 g/mol. The SMILES string of the molecule is CN1CCC(C(=O)N(CCN2CCC(c3ccccc3)C2)[C@@H](CCCSCC(=O)C(F)(F)F)C(N)=O)CC1. The molecule has 1 aromatic rings. The number of primary amides is 1. The van der Waals surface area contributed by atoms with Gasteiger partial charge < -0.3 is 20.4 Å². The number of carbonyl (C=O) groups excluding carboxylic acids is 3. The minimum Gasteiger partial charge on any atom is -0.368 e. The number of alkyl halides is 3. The smallest absolute Gasteiger partial charge is 0.368 e. The third-order valence-electron chi connectivity index (χ3n) is 7.57.